The van der Waals surface area contributed by atoms with Gasteiger partial charge in [-0.1, -0.05) is 19.8 Å². The smallest absolute Gasteiger partial charge is 0.203 e. The van der Waals surface area contributed by atoms with E-state index in [0.717, 1.165) is 12.8 Å². The van der Waals surface area contributed by atoms with Crippen LogP contribution < -0.4 is 5.73 Å². The molecule has 5 heteroatoms. The first kappa shape index (κ1) is 17.1. The van der Waals surface area contributed by atoms with Crippen LogP contribution in [0.4, 0.5) is 0 Å². The molecule has 0 aromatic heterocycles. The number of nitrogens with two attached hydrogens (primary N) is 1. The van der Waals surface area contributed by atoms with E-state index in [1.165, 1.54) is 6.42 Å². The van der Waals surface area contributed by atoms with Crippen LogP contribution in [0.15, 0.2) is 0 Å². The Morgan fingerprint density at radius 2 is 1.53 bits per heavy atom. The van der Waals surface area contributed by atoms with Gasteiger partial charge in [0.15, 0.2) is 0 Å². The summed E-state index contributed by atoms with van der Waals surface area (Å²) in [5.41, 5.74) is 6.24. The molecular weight excluding hydrogens is 234 g/mol. The quantitative estimate of drug-likeness (QED) is 0.362. The maximum atomic E-state index is 6.24. The lowest BCUT2D eigenvalue weighted by Gasteiger charge is -2.42. The van der Waals surface area contributed by atoms with Gasteiger partial charge in [0.2, 0.25) is 5.79 Å². The van der Waals surface area contributed by atoms with Crippen LogP contribution in [0.3, 0.4) is 0 Å². The third-order valence-electron chi connectivity index (χ3n) is 2.89. The average Bonchev–Trinajstić information content (AvgIpc) is 2.25. The van der Waals surface area contributed by atoms with E-state index in [9.17, 15) is 0 Å². The Hall–Kier alpha value is 0.0569. The zero-order valence-corrected chi connectivity index (χ0v) is 14.0. The second-order valence-electron chi connectivity index (χ2n) is 4.47. The minimum atomic E-state index is -0.838. The normalized spacial score (nSPS) is 16.1. The van der Waals surface area contributed by atoms with Crippen molar-refractivity contribution >= 4 is 10.2 Å². The van der Waals surface area contributed by atoms with Gasteiger partial charge in [0, 0.05) is 19.8 Å². The molecule has 0 aliphatic heterocycles. The molecule has 0 aromatic carbocycles. The molecule has 0 bridgehead atoms. The van der Waals surface area contributed by atoms with Gasteiger partial charge in [-0.05, 0) is 27.2 Å². The minimum Gasteiger partial charge on any atom is -0.360 e. The van der Waals surface area contributed by atoms with Gasteiger partial charge in [0.25, 0.3) is 0 Å². The molecule has 17 heavy (non-hydrogen) atoms. The van der Waals surface area contributed by atoms with Crippen LogP contribution in [0.25, 0.3) is 0 Å². The fourth-order valence-corrected chi connectivity index (χ4v) is 2.14. The van der Waals surface area contributed by atoms with E-state index in [1.54, 1.807) is 0 Å². The van der Waals surface area contributed by atoms with Gasteiger partial charge < -0.3 is 19.9 Å². The molecule has 4 nitrogen and oxygen atoms in total. The maximum Gasteiger partial charge on any atom is 0.203 e. The highest BCUT2D eigenvalue weighted by Crippen LogP contribution is 2.25. The summed E-state index contributed by atoms with van der Waals surface area (Å²) in [7, 11) is 0.658. The van der Waals surface area contributed by atoms with Gasteiger partial charge in [-0.15, -0.1) is 0 Å². The van der Waals surface area contributed by atoms with Crippen molar-refractivity contribution in [2.45, 2.75) is 58.1 Å². The van der Waals surface area contributed by atoms with Crippen LogP contribution in [0.1, 0.15) is 47.0 Å². The lowest BCUT2D eigenvalue weighted by atomic mass is 10.2. The predicted molar refractivity (Wildman–Crippen MR) is 74.0 cm³/mol. The molecule has 1 unspecified atom stereocenters. The molecule has 0 amide bonds. The monoisotopic (exact) mass is 263 g/mol. The van der Waals surface area contributed by atoms with E-state index in [-0.39, 0.29) is 0 Å². The molecule has 0 heterocycles. The Morgan fingerprint density at radius 1 is 1.00 bits per heavy atom. The molecule has 0 aliphatic carbocycles. The van der Waals surface area contributed by atoms with E-state index < -0.39 is 11.1 Å². The summed E-state index contributed by atoms with van der Waals surface area (Å²) in [6.07, 6.45) is 3.37. The number of rotatable bonds is 10. The van der Waals surface area contributed by atoms with Gasteiger partial charge in [-0.2, -0.15) is 0 Å². The number of unbranched alkanes of at least 4 members (excludes halogenated alkanes) is 2. The fraction of sp³-hybridized carbons (Fsp3) is 1.00. The fourth-order valence-electron chi connectivity index (χ4n) is 1.65. The lowest BCUT2D eigenvalue weighted by molar-refractivity contribution is -0.293. The second-order valence-corrected chi connectivity index (χ2v) is 5.96. The van der Waals surface area contributed by atoms with Crippen LogP contribution in [-0.2, 0) is 14.2 Å². The van der Waals surface area contributed by atoms with Gasteiger partial charge in [-0.25, -0.2) is 0 Å². The Morgan fingerprint density at radius 3 is 1.94 bits per heavy atom. The highest BCUT2D eigenvalue weighted by atomic mass is 28.1. The van der Waals surface area contributed by atoms with Gasteiger partial charge in [-0.3, -0.25) is 0 Å². The van der Waals surface area contributed by atoms with Crippen molar-refractivity contribution in [1.29, 1.82) is 0 Å². The SMILES string of the molecule is CCCCCOC(N)([SiH3])C(C)(OCC)OCC. The summed E-state index contributed by atoms with van der Waals surface area (Å²) in [5.74, 6) is -0.838. The first-order chi connectivity index (χ1) is 7.93. The Balaban J connectivity index is 4.37. The van der Waals surface area contributed by atoms with Crippen molar-refractivity contribution in [2.75, 3.05) is 19.8 Å². The van der Waals surface area contributed by atoms with Crippen LogP contribution in [0, 0.1) is 0 Å². The highest BCUT2D eigenvalue weighted by molar-refractivity contribution is 6.14. The molecule has 1 atom stereocenters. The van der Waals surface area contributed by atoms with Gasteiger partial charge in [0.1, 0.15) is 5.35 Å². The van der Waals surface area contributed by atoms with E-state index in [0.29, 0.717) is 30.1 Å². The summed E-state index contributed by atoms with van der Waals surface area (Å²) in [6.45, 7) is 9.71. The lowest BCUT2D eigenvalue weighted by Crippen LogP contribution is -2.64. The molecule has 0 saturated carbocycles. The van der Waals surface area contributed by atoms with Crippen LogP contribution >= 0.6 is 0 Å². The van der Waals surface area contributed by atoms with E-state index in [4.69, 9.17) is 19.9 Å². The van der Waals surface area contributed by atoms with E-state index in [1.807, 2.05) is 20.8 Å². The van der Waals surface area contributed by atoms with E-state index in [2.05, 4.69) is 6.92 Å². The standard InChI is InChI=1S/C12H29NO3Si/c1-5-8-9-10-16-12(13,17)11(4,14-6-2)15-7-3/h5-10,13H2,1-4,17H3. The third kappa shape index (κ3) is 5.48. The molecule has 0 radical (unpaired) electrons. The molecule has 104 valence electrons. The molecule has 0 spiro atoms. The summed E-state index contributed by atoms with van der Waals surface area (Å²) in [5, 5.41) is -0.799. The number of ether oxygens (including phenoxy) is 3. The molecule has 0 saturated heterocycles. The van der Waals surface area contributed by atoms with Crippen molar-refractivity contribution in [3.63, 3.8) is 0 Å². The number of hydrogen-bond donors (Lipinski definition) is 1. The molecular formula is C12H29NO3Si. The maximum absolute atomic E-state index is 6.24. The predicted octanol–water partition coefficient (Wildman–Crippen LogP) is 0.960. The molecule has 2 N–H and O–H groups in total. The Kier molecular flexibility index (Phi) is 8.24. The third-order valence-corrected chi connectivity index (χ3v) is 4.09. The summed E-state index contributed by atoms with van der Waals surface area (Å²) >= 11 is 0. The van der Waals surface area contributed by atoms with Crippen LogP contribution in [0.5, 0.6) is 0 Å². The first-order valence-corrected chi connectivity index (χ1v) is 7.64. The van der Waals surface area contributed by atoms with Crippen molar-refractivity contribution in [3.05, 3.63) is 0 Å². The van der Waals surface area contributed by atoms with Crippen LogP contribution in [0.2, 0.25) is 0 Å². The Labute approximate surface area is 109 Å². The summed E-state index contributed by atoms with van der Waals surface area (Å²) in [4.78, 5) is 0. The van der Waals surface area contributed by atoms with Crippen molar-refractivity contribution in [3.8, 4) is 0 Å². The Bertz CT molecular complexity index is 194. The summed E-state index contributed by atoms with van der Waals surface area (Å²) in [6, 6.07) is 0. The number of hydrogen-bond acceptors (Lipinski definition) is 4. The van der Waals surface area contributed by atoms with Crippen molar-refractivity contribution < 1.29 is 14.2 Å². The summed E-state index contributed by atoms with van der Waals surface area (Å²) < 4.78 is 17.1. The van der Waals surface area contributed by atoms with Gasteiger partial charge in [0.05, 0.1) is 10.2 Å². The first-order valence-electron chi connectivity index (χ1n) is 6.64. The minimum absolute atomic E-state index is 0.565. The van der Waals surface area contributed by atoms with Crippen LogP contribution in [-0.4, -0.2) is 41.2 Å². The zero-order chi connectivity index (χ0) is 13.4. The van der Waals surface area contributed by atoms with Gasteiger partial charge >= 0.3 is 0 Å². The molecule has 0 rings (SSSR count). The molecule has 0 aliphatic rings. The topological polar surface area (TPSA) is 53.7 Å². The molecule has 0 fully saturated rings. The van der Waals surface area contributed by atoms with Crippen molar-refractivity contribution in [1.82, 2.24) is 0 Å². The molecule has 0 aromatic rings. The zero-order valence-electron chi connectivity index (χ0n) is 12.0. The second kappa shape index (κ2) is 8.21. The van der Waals surface area contributed by atoms with E-state index >= 15 is 0 Å². The largest absolute Gasteiger partial charge is 0.360 e. The average molecular weight is 263 g/mol. The highest BCUT2D eigenvalue weighted by Gasteiger charge is 2.44. The van der Waals surface area contributed by atoms with Crippen molar-refractivity contribution in [2.24, 2.45) is 5.73 Å².